The van der Waals surface area contributed by atoms with Crippen molar-refractivity contribution in [2.75, 3.05) is 6.61 Å². The average Bonchev–Trinajstić information content (AvgIpc) is 1.22. The minimum Gasteiger partial charge on any atom is -0.371 e. The molecule has 43 heteroatoms. The summed E-state index contributed by atoms with van der Waals surface area (Å²) in [6.45, 7) is 54.5. The van der Waals surface area contributed by atoms with Crippen molar-refractivity contribution in [3.8, 4) is 5.69 Å². The maximum absolute atomic E-state index is 12.4. The number of aromatic amines is 1. The predicted molar refractivity (Wildman–Crippen MR) is 487 cm³/mol. The Labute approximate surface area is 725 Å². The molecule has 128 heavy (non-hydrogen) atoms. The molecule has 1 unspecified atom stereocenters. The highest BCUT2D eigenvalue weighted by atomic mass is 16.6. The summed E-state index contributed by atoms with van der Waals surface area (Å²) < 4.78 is 24.4. The molecule has 9 aromatic rings. The van der Waals surface area contributed by atoms with Crippen LogP contribution in [0, 0.1) is 0 Å². The van der Waals surface area contributed by atoms with E-state index < -0.39 is 119 Å². The maximum Gasteiger partial charge on any atom is 0.341 e. The van der Waals surface area contributed by atoms with E-state index in [0.717, 1.165) is 96.9 Å². The van der Waals surface area contributed by atoms with Gasteiger partial charge in [0.15, 0.2) is 0 Å². The number of para-hydroxylation sites is 1. The van der Waals surface area contributed by atoms with Gasteiger partial charge in [0.2, 0.25) is 0 Å². The number of epoxide rings is 1. The van der Waals surface area contributed by atoms with Gasteiger partial charge < -0.3 is 4.74 Å². The van der Waals surface area contributed by atoms with Gasteiger partial charge in [-0.05, 0) is 31.0 Å². The van der Waals surface area contributed by atoms with E-state index in [1.54, 1.807) is 37.3 Å². The van der Waals surface area contributed by atoms with Gasteiger partial charge in [-0.2, -0.15) is 0 Å². The molecule has 43 nitrogen and oxygen atoms in total. The van der Waals surface area contributed by atoms with E-state index in [-0.39, 0.29) is 124 Å². The number of hydrogen-bond donors (Lipinski definition) is 1. The average molecular weight is 1770 g/mol. The highest BCUT2D eigenvalue weighted by molar-refractivity contribution is 5.30. The molecule has 0 radical (unpaired) electrons. The van der Waals surface area contributed by atoms with Gasteiger partial charge in [-0.15, -0.1) is 92.1 Å². The minimum atomic E-state index is -0.731. The van der Waals surface area contributed by atoms with Gasteiger partial charge in [-0.1, -0.05) is 141 Å². The first-order valence-corrected chi connectivity index (χ1v) is 39.0. The summed E-state index contributed by atoms with van der Waals surface area (Å²) in [5.41, 5.74) is -12.4. The van der Waals surface area contributed by atoms with Gasteiger partial charge in [0, 0.05) is 20.1 Å². The van der Waals surface area contributed by atoms with E-state index >= 15 is 0 Å². The number of nitrogens with one attached hydrogen (secondary N) is 1. The number of rotatable bonds is 36. The Kier molecular flexibility index (Phi) is 41.3. The van der Waals surface area contributed by atoms with Crippen molar-refractivity contribution in [2.45, 2.75) is 144 Å². The zero-order valence-corrected chi connectivity index (χ0v) is 71.4. The summed E-state index contributed by atoms with van der Waals surface area (Å²) in [5.74, 6) is 0. The van der Waals surface area contributed by atoms with Gasteiger partial charge >= 0.3 is 119 Å². The lowest BCUT2D eigenvalue weighted by molar-refractivity contribution is 0.362. The van der Waals surface area contributed by atoms with Crippen LogP contribution in [0.25, 0.3) is 5.69 Å². The summed E-state index contributed by atoms with van der Waals surface area (Å²) in [4.78, 5) is 253. The summed E-state index contributed by atoms with van der Waals surface area (Å²) in [5, 5.41) is 0. The fourth-order valence-corrected chi connectivity index (χ4v) is 11.6. The van der Waals surface area contributed by atoms with E-state index in [9.17, 15) is 101 Å². The standard InChI is InChI=1S/C16H17N3O3.C15H15N3O3.C12H15N3O4.C12H17N3O3.C11H15N3O3.C10H13N3O3.C9H11N3O3/c1-3-10-17-14(20)18(11-4-2)16(22)19(15(17)21)12-13-8-6-5-7-9-13;1-3-10-16-13(19)17(11-4-2)15(21)18(14(16)20)12-8-6-5-7-9-12;1-3-5-13-10(16)14(6-4-2)12(18)15(11(13)17)7-9-8-19-9;1-4-7-13-10(16)14(8-5-2)12(18)15(9-6-3)11(13)17;1-4-7-13-9(15)12(6-3)10(16)14(8-5-2)11(13)17;1-4-6-12-8(14)11(3)9(15)13(7-5-2)10(12)16;1-3-5-11-7(13)10-8(14)12(6-4-2)9(11)15/h3-9H,1-2,10-12H2;3-9H,1-2,10-11H2;3-4,9H,1-2,5-8H2;4-5H,1-2,6-9H2,3H3;4-5H,1-2,6-8H2,3H3;4-5H,1-2,6-7H2,3H3;3-4H,1-2,5-6H2,(H,10,13,14). The number of nitrogens with zero attached hydrogens (tertiary/aromatic N) is 20. The Morgan fingerprint density at radius 3 is 0.758 bits per heavy atom. The predicted octanol–water partition coefficient (Wildman–Crippen LogP) is -2.26. The third kappa shape index (κ3) is 25.4. The Balaban J connectivity index is 0.000000314. The first-order chi connectivity index (χ1) is 61.1. The van der Waals surface area contributed by atoms with E-state index in [0.29, 0.717) is 18.7 Å². The van der Waals surface area contributed by atoms with E-state index in [1.165, 1.54) is 92.1 Å². The van der Waals surface area contributed by atoms with E-state index in [2.05, 4.69) is 92.1 Å². The molecule has 680 valence electrons. The Bertz CT molecular complexity index is 6750. The van der Waals surface area contributed by atoms with Gasteiger partial charge in [0.05, 0.1) is 123 Å². The lowest BCUT2D eigenvalue weighted by Crippen LogP contribution is -2.54. The number of benzene rings is 2. The number of hydrogen-bond acceptors (Lipinski definition) is 22. The third-order valence-electron chi connectivity index (χ3n) is 17.6. The Morgan fingerprint density at radius 2 is 0.500 bits per heavy atom. The number of ether oxygens (including phenoxy) is 1. The smallest absolute Gasteiger partial charge is 0.341 e. The van der Waals surface area contributed by atoms with Crippen molar-refractivity contribution in [1.29, 1.82) is 0 Å². The van der Waals surface area contributed by atoms with E-state index in [4.69, 9.17) is 4.74 Å². The SMILES string of the molecule is C=CCn1c(=O)[nH]c(=O)n(CC=C)c1=O.C=CCn1c(=O)n(C)c(=O)n(CC=C)c1=O.C=CCn1c(=O)n(CC)c(=O)n(CC=C)c1=O.C=CCn1c(=O)n(CC=C)c(=O)n(-c2ccccc2)c1=O.C=CCn1c(=O)n(CC=C)c(=O)n(CC2CO2)c1=O.C=CCn1c(=O)n(CC=C)c(=O)n(CCC)c1=O.C=CCn1c(=O)n(CC=C)c(=O)n(Cc2ccccc2)c1=O. The Morgan fingerprint density at radius 1 is 0.281 bits per heavy atom. The molecule has 10 rings (SSSR count). The molecule has 7 aromatic heterocycles. The molecule has 0 amide bonds. The molecular weight excluding hydrogens is 1670 g/mol. The van der Waals surface area contributed by atoms with Crippen LogP contribution in [-0.2, 0) is 130 Å². The van der Waals surface area contributed by atoms with Crippen molar-refractivity contribution in [3.63, 3.8) is 0 Å². The third-order valence-corrected chi connectivity index (χ3v) is 17.6. The van der Waals surface area contributed by atoms with Crippen LogP contribution in [0.4, 0.5) is 0 Å². The van der Waals surface area contributed by atoms with Crippen molar-refractivity contribution in [3.05, 3.63) is 464 Å². The fraction of sp³-hybridized carbons (Fsp3) is 0.282. The van der Waals surface area contributed by atoms with Crippen LogP contribution in [0.3, 0.4) is 0 Å². The number of H-pyrrole nitrogens is 1. The maximum atomic E-state index is 12.4. The highest BCUT2D eigenvalue weighted by Crippen LogP contribution is 2.09. The first-order valence-electron chi connectivity index (χ1n) is 39.0. The summed E-state index contributed by atoms with van der Waals surface area (Å²) in [6, 6.07) is 17.6. The lowest BCUT2D eigenvalue weighted by atomic mass is 10.2. The van der Waals surface area contributed by atoms with Crippen molar-refractivity contribution >= 4 is 0 Å². The van der Waals surface area contributed by atoms with E-state index in [1.807, 2.05) is 42.2 Å². The molecule has 1 aliphatic rings. The molecule has 2 aromatic carbocycles. The van der Waals surface area contributed by atoms with Gasteiger partial charge in [0.25, 0.3) is 0 Å². The monoisotopic (exact) mass is 1770 g/mol. The summed E-state index contributed by atoms with van der Waals surface area (Å²) >= 11 is 0. The van der Waals surface area contributed by atoms with Crippen molar-refractivity contribution < 1.29 is 4.74 Å². The molecule has 8 heterocycles. The minimum absolute atomic E-state index is 0.0297. The van der Waals surface area contributed by atoms with Crippen molar-refractivity contribution in [1.82, 2.24) is 96.3 Å². The van der Waals surface area contributed by atoms with Crippen LogP contribution in [-0.4, -0.2) is 109 Å². The molecule has 0 saturated carbocycles. The number of aromatic nitrogens is 21. The van der Waals surface area contributed by atoms with Gasteiger partial charge in [-0.3, -0.25) is 4.98 Å². The molecule has 0 spiro atoms. The fourth-order valence-electron chi connectivity index (χ4n) is 11.6. The second-order valence-electron chi connectivity index (χ2n) is 26.5. The molecule has 1 fully saturated rings. The van der Waals surface area contributed by atoms with Crippen LogP contribution in [0.15, 0.2) is 339 Å². The molecule has 1 N–H and O–H groups in total. The summed E-state index contributed by atoms with van der Waals surface area (Å²) in [6.07, 6.45) is 20.5. The zero-order chi connectivity index (χ0) is 95.9. The quantitative estimate of drug-likeness (QED) is 0.0320. The van der Waals surface area contributed by atoms with Crippen LogP contribution in [0.5, 0.6) is 0 Å². The highest BCUT2D eigenvalue weighted by Gasteiger charge is 2.27. The summed E-state index contributed by atoms with van der Waals surface area (Å²) in [7, 11) is 1.32. The van der Waals surface area contributed by atoms with Crippen molar-refractivity contribution in [2.24, 2.45) is 7.05 Å². The lowest BCUT2D eigenvalue weighted by Gasteiger charge is -2.12. The molecule has 1 saturated heterocycles. The largest absolute Gasteiger partial charge is 0.371 e. The molecule has 1 atom stereocenters. The van der Waals surface area contributed by atoms with Gasteiger partial charge in [0.1, 0.15) is 0 Å². The van der Waals surface area contributed by atoms with Gasteiger partial charge in [-0.25, -0.2) is 192 Å². The molecule has 0 aliphatic carbocycles. The second kappa shape index (κ2) is 50.9. The van der Waals surface area contributed by atoms with Crippen LogP contribution >= 0.6 is 0 Å². The molecule has 0 bridgehead atoms. The second-order valence-corrected chi connectivity index (χ2v) is 26.5. The Hall–Kier alpha value is -16.4. The first kappa shape index (κ1) is 104. The van der Waals surface area contributed by atoms with Crippen LogP contribution in [0.1, 0.15) is 25.8 Å². The van der Waals surface area contributed by atoms with Crippen LogP contribution < -0.4 is 119 Å². The zero-order valence-electron chi connectivity index (χ0n) is 71.4. The van der Waals surface area contributed by atoms with Crippen LogP contribution in [0.2, 0.25) is 0 Å². The topological polar surface area (TPSA) is 485 Å². The number of allylic oxidation sites excluding steroid dienone is 14. The molecule has 1 aliphatic heterocycles. The molecular formula is C85H103N21O22. The normalized spacial score (nSPS) is 11.2.